The molecule has 3 rings (SSSR count). The maximum atomic E-state index is 5.73. The van der Waals surface area contributed by atoms with Crippen LogP contribution in [-0.2, 0) is 6.54 Å². The van der Waals surface area contributed by atoms with Gasteiger partial charge in [0.05, 0.1) is 0 Å². The summed E-state index contributed by atoms with van der Waals surface area (Å²) in [7, 11) is 1.99. The van der Waals surface area contributed by atoms with E-state index in [1.54, 1.807) is 0 Å². The molecule has 118 valence electrons. The van der Waals surface area contributed by atoms with Gasteiger partial charge in [-0.2, -0.15) is 9.36 Å². The summed E-state index contributed by atoms with van der Waals surface area (Å²) < 4.78 is 14.6. The number of anilines is 1. The average molecular weight is 341 g/mol. The maximum Gasteiger partial charge on any atom is 0.236 e. The van der Waals surface area contributed by atoms with Crippen LogP contribution in [0.1, 0.15) is 12.0 Å². The Kier molecular flexibility index (Phi) is 4.97. The number of nitrogens with zero attached hydrogens (tertiary/aromatic N) is 3. The van der Waals surface area contributed by atoms with Crippen LogP contribution in [0.3, 0.4) is 0 Å². The molecule has 6 nitrogen and oxygen atoms in total. The number of hydrogen-bond acceptors (Lipinski definition) is 7. The Bertz CT molecular complexity index is 637. The van der Waals surface area contributed by atoms with Crippen molar-refractivity contribution in [1.29, 1.82) is 0 Å². The van der Waals surface area contributed by atoms with Crippen molar-refractivity contribution in [2.45, 2.75) is 13.0 Å². The van der Waals surface area contributed by atoms with Gasteiger partial charge in [0.25, 0.3) is 0 Å². The molecule has 0 spiro atoms. The largest absolute Gasteiger partial charge is 0.454 e. The average Bonchev–Trinajstić information content (AvgIpc) is 3.14. The fourth-order valence-corrected chi connectivity index (χ4v) is 2.96. The van der Waals surface area contributed by atoms with Crippen LogP contribution in [0.15, 0.2) is 18.2 Å². The minimum atomic E-state index is 0.313. The highest BCUT2D eigenvalue weighted by atomic mass is 35.5. The normalized spacial score (nSPS) is 12.6. The van der Waals surface area contributed by atoms with Gasteiger partial charge in [-0.05, 0) is 42.3 Å². The highest BCUT2D eigenvalue weighted by Crippen LogP contribution is 2.32. The molecule has 0 aliphatic carbocycles. The lowest BCUT2D eigenvalue weighted by atomic mass is 10.2. The van der Waals surface area contributed by atoms with Gasteiger partial charge in [-0.3, -0.25) is 0 Å². The van der Waals surface area contributed by atoms with E-state index in [4.69, 9.17) is 21.1 Å². The monoisotopic (exact) mass is 340 g/mol. The molecule has 0 fully saturated rings. The van der Waals surface area contributed by atoms with E-state index in [1.807, 2.05) is 19.2 Å². The zero-order valence-corrected chi connectivity index (χ0v) is 13.8. The first-order valence-electron chi connectivity index (χ1n) is 7.02. The van der Waals surface area contributed by atoms with E-state index < -0.39 is 0 Å². The molecule has 1 aliphatic heterocycles. The van der Waals surface area contributed by atoms with Crippen molar-refractivity contribution in [2.24, 2.45) is 0 Å². The summed E-state index contributed by atoms with van der Waals surface area (Å²) in [4.78, 5) is 6.20. The fourth-order valence-electron chi connectivity index (χ4n) is 2.17. The zero-order chi connectivity index (χ0) is 15.4. The number of nitrogens with one attached hydrogen (secondary N) is 1. The quantitative estimate of drug-likeness (QED) is 0.782. The summed E-state index contributed by atoms with van der Waals surface area (Å²) in [5.41, 5.74) is 1.19. The van der Waals surface area contributed by atoms with E-state index in [2.05, 4.69) is 25.6 Å². The second kappa shape index (κ2) is 7.13. The number of ether oxygens (including phenoxy) is 2. The molecule has 0 unspecified atom stereocenters. The second-order valence-corrected chi connectivity index (χ2v) is 6.05. The van der Waals surface area contributed by atoms with Crippen molar-refractivity contribution < 1.29 is 9.47 Å². The Labute approximate surface area is 138 Å². The topological polar surface area (TPSA) is 59.5 Å². The number of halogens is 1. The summed E-state index contributed by atoms with van der Waals surface area (Å²) >= 11 is 7.04. The van der Waals surface area contributed by atoms with Crippen molar-refractivity contribution in [3.05, 3.63) is 29.0 Å². The summed E-state index contributed by atoms with van der Waals surface area (Å²) in [6, 6.07) is 6.02. The second-order valence-electron chi connectivity index (χ2n) is 4.99. The number of hydrogen-bond donors (Lipinski definition) is 1. The summed E-state index contributed by atoms with van der Waals surface area (Å²) in [6.45, 7) is 2.95. The predicted octanol–water partition coefficient (Wildman–Crippen LogP) is 2.54. The lowest BCUT2D eigenvalue weighted by Crippen LogP contribution is -2.23. The Morgan fingerprint density at radius 1 is 1.36 bits per heavy atom. The minimum absolute atomic E-state index is 0.313. The van der Waals surface area contributed by atoms with Gasteiger partial charge in [0.15, 0.2) is 11.5 Å². The number of fused-ring (bicyclic) bond motifs is 1. The predicted molar refractivity (Wildman–Crippen MR) is 87.1 cm³/mol. The van der Waals surface area contributed by atoms with Crippen molar-refractivity contribution in [3.63, 3.8) is 0 Å². The van der Waals surface area contributed by atoms with Gasteiger partial charge in [-0.25, -0.2) is 0 Å². The molecule has 22 heavy (non-hydrogen) atoms. The molecule has 2 heterocycles. The lowest BCUT2D eigenvalue weighted by Gasteiger charge is -2.14. The van der Waals surface area contributed by atoms with Gasteiger partial charge in [0.1, 0.15) is 0 Å². The number of rotatable bonds is 7. The third-order valence-corrected chi connectivity index (χ3v) is 4.43. The third-order valence-electron chi connectivity index (χ3n) is 3.33. The number of aromatic nitrogens is 2. The summed E-state index contributed by atoms with van der Waals surface area (Å²) in [5.74, 6) is 1.65. The lowest BCUT2D eigenvalue weighted by molar-refractivity contribution is 0.174. The molecule has 0 amide bonds. The van der Waals surface area contributed by atoms with Gasteiger partial charge in [0.2, 0.25) is 17.2 Å². The Morgan fingerprint density at radius 2 is 2.23 bits per heavy atom. The first kappa shape index (κ1) is 15.3. The van der Waals surface area contributed by atoms with E-state index in [-0.39, 0.29) is 0 Å². The fraction of sp³-hybridized carbons (Fsp3) is 0.429. The first-order chi connectivity index (χ1) is 10.7. The molecule has 1 aromatic carbocycles. The first-order valence-corrected chi connectivity index (χ1v) is 8.17. The zero-order valence-electron chi connectivity index (χ0n) is 12.2. The molecule has 1 aromatic heterocycles. The molecule has 2 aromatic rings. The van der Waals surface area contributed by atoms with Crippen LogP contribution in [0.5, 0.6) is 11.5 Å². The molecule has 1 aliphatic rings. The van der Waals surface area contributed by atoms with Crippen molar-refractivity contribution in [1.82, 2.24) is 14.7 Å². The Hall–Kier alpha value is -1.57. The van der Waals surface area contributed by atoms with Crippen LogP contribution < -0.4 is 19.7 Å². The molecule has 0 radical (unpaired) electrons. The van der Waals surface area contributed by atoms with Crippen LogP contribution in [0.2, 0.25) is 5.28 Å². The van der Waals surface area contributed by atoms with E-state index in [9.17, 15) is 0 Å². The van der Waals surface area contributed by atoms with E-state index >= 15 is 0 Å². The smallest absolute Gasteiger partial charge is 0.236 e. The van der Waals surface area contributed by atoms with Crippen LogP contribution in [0, 0.1) is 0 Å². The van der Waals surface area contributed by atoms with Gasteiger partial charge < -0.3 is 19.7 Å². The van der Waals surface area contributed by atoms with Crippen molar-refractivity contribution in [2.75, 3.05) is 31.8 Å². The highest BCUT2D eigenvalue weighted by molar-refractivity contribution is 7.09. The summed E-state index contributed by atoms with van der Waals surface area (Å²) in [5, 5.41) is 4.58. The standard InChI is InChI=1S/C14H17ClN4O2S/c1-19(14-17-13(15)18-22-14)6-2-5-16-8-10-3-4-11-12(7-10)21-9-20-11/h3-4,7,16H,2,5-6,8-9H2,1H3. The molecule has 0 atom stereocenters. The van der Waals surface area contributed by atoms with Gasteiger partial charge >= 0.3 is 0 Å². The molecular weight excluding hydrogens is 324 g/mol. The van der Waals surface area contributed by atoms with Gasteiger partial charge in [0, 0.05) is 31.7 Å². The molecule has 0 bridgehead atoms. The summed E-state index contributed by atoms with van der Waals surface area (Å²) in [6.07, 6.45) is 1.01. The molecule has 1 N–H and O–H groups in total. The minimum Gasteiger partial charge on any atom is -0.454 e. The Morgan fingerprint density at radius 3 is 3.05 bits per heavy atom. The Balaban J connectivity index is 1.37. The van der Waals surface area contributed by atoms with E-state index in [1.165, 1.54) is 17.1 Å². The van der Waals surface area contributed by atoms with Crippen LogP contribution in [0.4, 0.5) is 5.13 Å². The SMILES string of the molecule is CN(CCCNCc1ccc2c(c1)OCO2)c1nc(Cl)ns1. The molecule has 0 saturated heterocycles. The molecular formula is C14H17ClN4O2S. The maximum absolute atomic E-state index is 5.73. The van der Waals surface area contributed by atoms with Crippen LogP contribution in [0.25, 0.3) is 0 Å². The van der Waals surface area contributed by atoms with E-state index in [0.29, 0.717) is 12.1 Å². The number of benzene rings is 1. The third kappa shape index (κ3) is 3.79. The molecule has 0 saturated carbocycles. The van der Waals surface area contributed by atoms with Crippen LogP contribution >= 0.6 is 23.1 Å². The van der Waals surface area contributed by atoms with Crippen LogP contribution in [-0.4, -0.2) is 36.3 Å². The van der Waals surface area contributed by atoms with Crippen molar-refractivity contribution >= 4 is 28.3 Å². The van der Waals surface area contributed by atoms with Gasteiger partial charge in [-0.15, -0.1) is 0 Å². The van der Waals surface area contributed by atoms with Crippen molar-refractivity contribution in [3.8, 4) is 11.5 Å². The molecule has 8 heteroatoms. The van der Waals surface area contributed by atoms with Gasteiger partial charge in [-0.1, -0.05) is 6.07 Å². The van der Waals surface area contributed by atoms with E-state index in [0.717, 1.165) is 42.7 Å². The highest BCUT2D eigenvalue weighted by Gasteiger charge is 2.12.